The second-order valence-corrected chi connectivity index (χ2v) is 13.9. The van der Waals surface area contributed by atoms with Gasteiger partial charge in [-0.25, -0.2) is 8.42 Å². The van der Waals surface area contributed by atoms with Crippen molar-refractivity contribution in [1.82, 2.24) is 0 Å². The van der Waals surface area contributed by atoms with Gasteiger partial charge in [0.25, 0.3) is 0 Å². The van der Waals surface area contributed by atoms with E-state index < -0.39 is 20.8 Å². The van der Waals surface area contributed by atoms with Gasteiger partial charge >= 0.3 is 0 Å². The first-order valence-corrected chi connectivity index (χ1v) is 14.7. The van der Waals surface area contributed by atoms with E-state index >= 15 is 0 Å². The Morgan fingerprint density at radius 2 is 1.71 bits per heavy atom. The van der Waals surface area contributed by atoms with Crippen molar-refractivity contribution in [2.45, 2.75) is 90.7 Å². The summed E-state index contributed by atoms with van der Waals surface area (Å²) in [6.07, 6.45) is 8.28. The topological polar surface area (TPSA) is 108 Å². The zero-order valence-corrected chi connectivity index (χ0v) is 21.0. The molecule has 0 aromatic heterocycles. The number of fused-ring (bicyclic) bond motifs is 2. The van der Waals surface area contributed by atoms with Crippen LogP contribution in [0.2, 0.25) is 0 Å². The van der Waals surface area contributed by atoms with Gasteiger partial charge in [0.05, 0.1) is 12.8 Å². The predicted octanol–water partition coefficient (Wildman–Crippen LogP) is 3.43. The molecule has 3 fully saturated rings. The molecule has 3 unspecified atom stereocenters. The molecule has 0 spiro atoms. The number of ketones is 3. The summed E-state index contributed by atoms with van der Waals surface area (Å²) < 4.78 is 33.3. The van der Waals surface area contributed by atoms with Crippen LogP contribution in [0.25, 0.3) is 0 Å². The largest absolute Gasteiger partial charge is 0.747 e. The summed E-state index contributed by atoms with van der Waals surface area (Å²) in [4.78, 5) is 34.7. The molecule has 0 aromatic rings. The van der Waals surface area contributed by atoms with Crippen LogP contribution in [0.3, 0.4) is 0 Å². The van der Waals surface area contributed by atoms with Crippen molar-refractivity contribution >= 4 is 38.4 Å². The highest BCUT2D eigenvalue weighted by molar-refractivity contribution is 7.97. The fraction of sp³-hybridized carbons (Fsp3) is 0.870. The molecule has 2 aliphatic carbocycles. The molecule has 31 heavy (non-hydrogen) atoms. The third kappa shape index (κ3) is 5.99. The maximum Gasteiger partial charge on any atom is 0.181 e. The molecule has 1 aliphatic heterocycles. The van der Waals surface area contributed by atoms with Crippen molar-refractivity contribution in [1.29, 1.82) is 0 Å². The fourth-order valence-electron chi connectivity index (χ4n) is 5.27. The molecule has 3 atom stereocenters. The quantitative estimate of drug-likeness (QED) is 0.303. The smallest absolute Gasteiger partial charge is 0.181 e. The number of hydrogen-bond acceptors (Lipinski definition) is 6. The molecule has 8 heteroatoms. The molecule has 0 aromatic carbocycles. The summed E-state index contributed by atoms with van der Waals surface area (Å²) in [5.74, 6) is 2.85. The van der Waals surface area contributed by atoms with Crippen molar-refractivity contribution in [3.63, 3.8) is 0 Å². The lowest BCUT2D eigenvalue weighted by Crippen LogP contribution is -2.38. The zero-order valence-electron chi connectivity index (χ0n) is 19.4. The highest BCUT2D eigenvalue weighted by Gasteiger charge is 2.67. The summed E-state index contributed by atoms with van der Waals surface area (Å²) in [5.41, 5.74) is -0.994. The lowest BCUT2D eigenvalue weighted by atomic mass is 9.70. The van der Waals surface area contributed by atoms with E-state index in [-0.39, 0.29) is 28.0 Å². The van der Waals surface area contributed by atoms with Gasteiger partial charge in [-0.3, -0.25) is 14.4 Å². The second kappa shape index (κ2) is 10.5. The van der Waals surface area contributed by atoms with Gasteiger partial charge in [-0.2, -0.15) is 0 Å². The van der Waals surface area contributed by atoms with E-state index in [9.17, 15) is 27.4 Å². The van der Waals surface area contributed by atoms with Gasteiger partial charge in [0.15, 0.2) is 17.3 Å². The summed E-state index contributed by atoms with van der Waals surface area (Å²) in [7, 11) is -4.26. The molecule has 178 valence electrons. The van der Waals surface area contributed by atoms with Crippen LogP contribution in [-0.2, 0) is 35.4 Å². The zero-order chi connectivity index (χ0) is 23.4. The number of rotatable bonds is 8. The van der Waals surface area contributed by atoms with Gasteiger partial charge in [-0.1, -0.05) is 47.0 Å². The summed E-state index contributed by atoms with van der Waals surface area (Å²) in [6.45, 7) is 7.77. The van der Waals surface area contributed by atoms with E-state index in [1.165, 1.54) is 19.3 Å². The highest BCUT2D eigenvalue weighted by Crippen LogP contribution is 2.64. The van der Waals surface area contributed by atoms with Gasteiger partial charge in [-0.05, 0) is 41.5 Å². The Kier molecular flexibility index (Phi) is 8.96. The molecule has 0 N–H and O–H groups in total. The predicted molar refractivity (Wildman–Crippen MR) is 123 cm³/mol. The van der Waals surface area contributed by atoms with Gasteiger partial charge in [0.2, 0.25) is 0 Å². The molecule has 6 nitrogen and oxygen atoms in total. The molecule has 1 heterocycles. The first-order valence-electron chi connectivity index (χ1n) is 11.5. The van der Waals surface area contributed by atoms with Crippen molar-refractivity contribution in [2.24, 2.45) is 16.7 Å². The monoisotopic (exact) mass is 474 g/mol. The van der Waals surface area contributed by atoms with Gasteiger partial charge in [0, 0.05) is 11.8 Å². The van der Waals surface area contributed by atoms with Gasteiger partial charge in [0.1, 0.15) is 32.7 Å². The first-order chi connectivity index (χ1) is 14.3. The van der Waals surface area contributed by atoms with Crippen LogP contribution in [0, 0.1) is 16.7 Å². The molecular formula is C23H38O6S2. The molecule has 2 bridgehead atoms. The van der Waals surface area contributed by atoms with E-state index in [0.717, 1.165) is 30.1 Å². The Morgan fingerprint density at radius 3 is 2.16 bits per heavy atom. The third-order valence-corrected chi connectivity index (χ3v) is 11.3. The number of Topliss-reactive ketones (excluding diaryl/α,β-unsaturated/α-hetero) is 3. The Bertz CT molecular complexity index is 778. The Balaban J connectivity index is 0.000000220. The minimum Gasteiger partial charge on any atom is -0.747 e. The third-order valence-electron chi connectivity index (χ3n) is 7.80. The number of carbonyl (C=O) groups is 3. The van der Waals surface area contributed by atoms with Gasteiger partial charge in [-0.15, -0.1) is 0 Å². The van der Waals surface area contributed by atoms with Crippen LogP contribution in [0.5, 0.6) is 0 Å². The van der Waals surface area contributed by atoms with E-state index in [1.807, 2.05) is 13.8 Å². The van der Waals surface area contributed by atoms with Crippen LogP contribution in [0.15, 0.2) is 0 Å². The van der Waals surface area contributed by atoms with E-state index in [0.29, 0.717) is 37.2 Å². The molecule has 0 amide bonds. The average Bonchev–Trinajstić information content (AvgIpc) is 2.99. The van der Waals surface area contributed by atoms with Gasteiger partial charge < -0.3 is 4.55 Å². The van der Waals surface area contributed by atoms with Crippen molar-refractivity contribution in [3.8, 4) is 0 Å². The minimum atomic E-state index is -4.49. The Labute approximate surface area is 190 Å². The molecule has 3 aliphatic rings. The van der Waals surface area contributed by atoms with Crippen LogP contribution in [-0.4, -0.2) is 52.8 Å². The van der Waals surface area contributed by atoms with E-state index in [2.05, 4.69) is 6.92 Å². The van der Waals surface area contributed by atoms with E-state index in [1.54, 1.807) is 6.92 Å². The van der Waals surface area contributed by atoms with Crippen molar-refractivity contribution < 1.29 is 27.4 Å². The van der Waals surface area contributed by atoms with Crippen molar-refractivity contribution in [3.05, 3.63) is 0 Å². The van der Waals surface area contributed by atoms with Crippen LogP contribution in [0.1, 0.15) is 85.5 Å². The average molecular weight is 475 g/mol. The fourth-order valence-corrected chi connectivity index (χ4v) is 8.80. The number of hydrogen-bond donors (Lipinski definition) is 0. The maximum atomic E-state index is 12.0. The van der Waals surface area contributed by atoms with Crippen molar-refractivity contribution in [2.75, 3.05) is 17.3 Å². The molecule has 0 radical (unpaired) electrons. The molecular weight excluding hydrogens is 436 g/mol. The van der Waals surface area contributed by atoms with Crippen LogP contribution in [0.4, 0.5) is 0 Å². The standard InChI is InChI=1S/C13H23O2S.C10H16O4S/c1-2-3-4-5-6-13(15)11-16-9-7-12(14)8-10-16;1-9(2)6-4-5-10(9,3)8(11)7(6)15(12,13)14/h2-11H2,1H3;6-7H,4-5H2,1-3H3,(H,12,13,14)/q+1;/p-1. The molecule has 1 saturated heterocycles. The lowest BCUT2D eigenvalue weighted by molar-refractivity contribution is -0.128. The Morgan fingerprint density at radius 1 is 1.10 bits per heavy atom. The summed E-state index contributed by atoms with van der Waals surface area (Å²) >= 11 is 0. The SMILES string of the molecule is CC12CCC(C(S(=O)(=O)[O-])C1=O)C2(C)C.CCCCCCC(=O)C[S+]1CCC(=O)CC1. The lowest BCUT2D eigenvalue weighted by Gasteiger charge is -2.32. The first kappa shape index (κ1) is 26.5. The second-order valence-electron chi connectivity index (χ2n) is 10.0. The summed E-state index contributed by atoms with van der Waals surface area (Å²) in [6, 6.07) is 0. The maximum absolute atomic E-state index is 12.0. The normalized spacial score (nSPS) is 30.2. The van der Waals surface area contributed by atoms with Crippen LogP contribution < -0.4 is 0 Å². The van der Waals surface area contributed by atoms with Crippen LogP contribution >= 0.6 is 0 Å². The Hall–Kier alpha value is -0.730. The molecule has 2 saturated carbocycles. The summed E-state index contributed by atoms with van der Waals surface area (Å²) in [5, 5.41) is -1.30. The minimum absolute atomic E-state index is 0.227. The molecule has 3 rings (SSSR count). The number of carbonyl (C=O) groups excluding carboxylic acids is 3. The number of unbranched alkanes of at least 4 members (excludes halogenated alkanes) is 3. The van der Waals surface area contributed by atoms with E-state index in [4.69, 9.17) is 0 Å². The highest BCUT2D eigenvalue weighted by atomic mass is 32.2.